The van der Waals surface area contributed by atoms with Crippen molar-refractivity contribution in [1.29, 1.82) is 0 Å². The number of hydrogen-bond donors (Lipinski definition) is 1. The van der Waals surface area contributed by atoms with Gasteiger partial charge in [-0.3, -0.25) is 4.90 Å². The number of rotatable bonds is 3. The average Bonchev–Trinajstić information content (AvgIpc) is 2.39. The largest absolute Gasteiger partial charge is 0.311 e. The third-order valence-corrected chi connectivity index (χ3v) is 5.15. The zero-order chi connectivity index (χ0) is 12.3. The highest BCUT2D eigenvalue weighted by molar-refractivity contribution is 5.01. The van der Waals surface area contributed by atoms with Crippen molar-refractivity contribution in [1.82, 2.24) is 10.2 Å². The monoisotopic (exact) mass is 238 g/mol. The highest BCUT2D eigenvalue weighted by Crippen LogP contribution is 2.37. The molecule has 17 heavy (non-hydrogen) atoms. The highest BCUT2D eigenvalue weighted by Gasteiger charge is 2.43. The van der Waals surface area contributed by atoms with Gasteiger partial charge in [0.05, 0.1) is 0 Å². The fourth-order valence-electron chi connectivity index (χ4n) is 3.75. The minimum absolute atomic E-state index is 0.499. The van der Waals surface area contributed by atoms with E-state index >= 15 is 0 Å². The molecule has 0 bridgehead atoms. The summed E-state index contributed by atoms with van der Waals surface area (Å²) < 4.78 is 0. The van der Waals surface area contributed by atoms with E-state index in [1.54, 1.807) is 0 Å². The van der Waals surface area contributed by atoms with E-state index in [1.165, 1.54) is 58.0 Å². The fourth-order valence-corrected chi connectivity index (χ4v) is 3.75. The molecule has 2 aliphatic rings. The summed E-state index contributed by atoms with van der Waals surface area (Å²) in [7, 11) is 0. The van der Waals surface area contributed by atoms with E-state index in [0.717, 1.165) is 12.1 Å². The standard InChI is InChI=1S/C15H30N2/c1-4-13(3)17-11-14(5-2)16-12-15(17)9-7-6-8-10-15/h13-14,16H,4-12H2,1-3H3. The van der Waals surface area contributed by atoms with Gasteiger partial charge in [0.2, 0.25) is 0 Å². The number of nitrogens with one attached hydrogen (secondary N) is 1. The first-order chi connectivity index (χ1) is 8.22. The molecule has 1 saturated carbocycles. The summed E-state index contributed by atoms with van der Waals surface area (Å²) in [5.41, 5.74) is 0.499. The lowest BCUT2D eigenvalue weighted by Gasteiger charge is -2.54. The Kier molecular flexibility index (Phi) is 4.48. The van der Waals surface area contributed by atoms with Crippen LogP contribution in [0.2, 0.25) is 0 Å². The second-order valence-electron chi connectivity index (χ2n) is 6.18. The molecule has 100 valence electrons. The van der Waals surface area contributed by atoms with Crippen molar-refractivity contribution in [2.75, 3.05) is 13.1 Å². The van der Waals surface area contributed by atoms with Crippen LogP contribution in [0, 0.1) is 0 Å². The molecule has 0 radical (unpaired) electrons. The van der Waals surface area contributed by atoms with Crippen molar-refractivity contribution in [2.45, 2.75) is 83.3 Å². The number of hydrogen-bond acceptors (Lipinski definition) is 2. The van der Waals surface area contributed by atoms with Crippen LogP contribution in [-0.4, -0.2) is 35.6 Å². The maximum absolute atomic E-state index is 3.80. The van der Waals surface area contributed by atoms with Crippen LogP contribution in [0.5, 0.6) is 0 Å². The SMILES string of the molecule is CCC1CN(C(C)CC)C2(CCCCC2)CN1. The molecule has 1 aliphatic heterocycles. The van der Waals surface area contributed by atoms with Gasteiger partial charge in [-0.15, -0.1) is 0 Å². The van der Waals surface area contributed by atoms with Crippen LogP contribution in [0.15, 0.2) is 0 Å². The van der Waals surface area contributed by atoms with Crippen LogP contribution in [0.25, 0.3) is 0 Å². The number of nitrogens with zero attached hydrogens (tertiary/aromatic N) is 1. The van der Waals surface area contributed by atoms with Crippen LogP contribution in [0.4, 0.5) is 0 Å². The van der Waals surface area contributed by atoms with Gasteiger partial charge in [-0.05, 0) is 32.6 Å². The van der Waals surface area contributed by atoms with Gasteiger partial charge in [0.1, 0.15) is 0 Å². The van der Waals surface area contributed by atoms with Crippen LogP contribution < -0.4 is 5.32 Å². The molecule has 2 nitrogen and oxygen atoms in total. The van der Waals surface area contributed by atoms with Gasteiger partial charge < -0.3 is 5.32 Å². The Balaban J connectivity index is 2.11. The first-order valence-corrected chi connectivity index (χ1v) is 7.72. The van der Waals surface area contributed by atoms with Crippen molar-refractivity contribution in [2.24, 2.45) is 0 Å². The predicted molar refractivity (Wildman–Crippen MR) is 74.4 cm³/mol. The van der Waals surface area contributed by atoms with Crippen LogP contribution >= 0.6 is 0 Å². The summed E-state index contributed by atoms with van der Waals surface area (Å²) >= 11 is 0. The minimum atomic E-state index is 0.499. The smallest absolute Gasteiger partial charge is 0.0337 e. The van der Waals surface area contributed by atoms with E-state index in [2.05, 4.69) is 31.0 Å². The van der Waals surface area contributed by atoms with Gasteiger partial charge >= 0.3 is 0 Å². The Labute approximate surface area is 107 Å². The molecule has 1 heterocycles. The Hall–Kier alpha value is -0.0800. The third kappa shape index (κ3) is 2.68. The van der Waals surface area contributed by atoms with Gasteiger partial charge in [-0.25, -0.2) is 0 Å². The summed E-state index contributed by atoms with van der Waals surface area (Å²) in [6, 6.07) is 1.47. The molecule has 2 atom stereocenters. The van der Waals surface area contributed by atoms with E-state index in [0.29, 0.717) is 5.54 Å². The molecule has 1 saturated heterocycles. The lowest BCUT2D eigenvalue weighted by molar-refractivity contribution is -0.0193. The van der Waals surface area contributed by atoms with Crippen molar-refractivity contribution in [3.63, 3.8) is 0 Å². The third-order valence-electron chi connectivity index (χ3n) is 5.15. The maximum Gasteiger partial charge on any atom is 0.0337 e. The fraction of sp³-hybridized carbons (Fsp3) is 1.00. The Bertz CT molecular complexity index is 233. The van der Waals surface area contributed by atoms with Gasteiger partial charge in [-0.1, -0.05) is 33.1 Å². The normalized spacial score (nSPS) is 31.6. The maximum atomic E-state index is 3.80. The molecule has 0 amide bonds. The molecule has 1 N–H and O–H groups in total. The molecule has 2 heteroatoms. The zero-order valence-corrected chi connectivity index (χ0v) is 12.0. The van der Waals surface area contributed by atoms with Crippen LogP contribution in [0.1, 0.15) is 65.7 Å². The lowest BCUT2D eigenvalue weighted by atomic mass is 9.77. The topological polar surface area (TPSA) is 15.3 Å². The average molecular weight is 238 g/mol. The van der Waals surface area contributed by atoms with Crippen molar-refractivity contribution in [3.05, 3.63) is 0 Å². The molecule has 0 aromatic rings. The molecule has 2 unspecified atom stereocenters. The Morgan fingerprint density at radius 1 is 1.24 bits per heavy atom. The first kappa shape index (κ1) is 13.4. The van der Waals surface area contributed by atoms with Crippen LogP contribution in [0.3, 0.4) is 0 Å². The van der Waals surface area contributed by atoms with Crippen molar-refractivity contribution < 1.29 is 0 Å². The molecule has 1 spiro atoms. The second kappa shape index (κ2) is 5.71. The van der Waals surface area contributed by atoms with E-state index < -0.39 is 0 Å². The van der Waals surface area contributed by atoms with Crippen molar-refractivity contribution in [3.8, 4) is 0 Å². The van der Waals surface area contributed by atoms with E-state index in [4.69, 9.17) is 0 Å². The summed E-state index contributed by atoms with van der Waals surface area (Å²) in [5, 5.41) is 3.80. The summed E-state index contributed by atoms with van der Waals surface area (Å²) in [6.45, 7) is 9.57. The first-order valence-electron chi connectivity index (χ1n) is 7.72. The molecule has 2 rings (SSSR count). The van der Waals surface area contributed by atoms with E-state index in [9.17, 15) is 0 Å². The predicted octanol–water partition coefficient (Wildman–Crippen LogP) is 3.17. The van der Waals surface area contributed by atoms with Gasteiger partial charge in [0.25, 0.3) is 0 Å². The van der Waals surface area contributed by atoms with Crippen LogP contribution in [-0.2, 0) is 0 Å². The summed E-state index contributed by atoms with van der Waals surface area (Å²) in [5.74, 6) is 0. The molecule has 0 aromatic carbocycles. The second-order valence-corrected chi connectivity index (χ2v) is 6.18. The van der Waals surface area contributed by atoms with E-state index in [-0.39, 0.29) is 0 Å². The van der Waals surface area contributed by atoms with Gasteiger partial charge in [0.15, 0.2) is 0 Å². The summed E-state index contributed by atoms with van der Waals surface area (Å²) in [4.78, 5) is 2.86. The highest BCUT2D eigenvalue weighted by atomic mass is 15.3. The minimum Gasteiger partial charge on any atom is -0.311 e. The molecule has 1 aliphatic carbocycles. The summed E-state index contributed by atoms with van der Waals surface area (Å²) in [6.07, 6.45) is 9.72. The molecule has 2 fully saturated rings. The van der Waals surface area contributed by atoms with Gasteiger partial charge in [0, 0.05) is 30.7 Å². The molecular weight excluding hydrogens is 208 g/mol. The zero-order valence-electron chi connectivity index (χ0n) is 12.0. The number of piperazine rings is 1. The van der Waals surface area contributed by atoms with E-state index in [1.807, 2.05) is 0 Å². The molecular formula is C15H30N2. The van der Waals surface area contributed by atoms with Crippen molar-refractivity contribution >= 4 is 0 Å². The Morgan fingerprint density at radius 2 is 1.94 bits per heavy atom. The van der Waals surface area contributed by atoms with Gasteiger partial charge in [-0.2, -0.15) is 0 Å². The lowest BCUT2D eigenvalue weighted by Crippen LogP contribution is -2.67. The Morgan fingerprint density at radius 3 is 2.53 bits per heavy atom. The molecule has 0 aromatic heterocycles. The quantitative estimate of drug-likeness (QED) is 0.812.